The van der Waals surface area contributed by atoms with Gasteiger partial charge < -0.3 is 0 Å². The van der Waals surface area contributed by atoms with Crippen LogP contribution in [0.25, 0.3) is 22.3 Å². The minimum Gasteiger partial charge on any atom is -0.0622 e. The van der Waals surface area contributed by atoms with E-state index in [1.807, 2.05) is 0 Å². The lowest BCUT2D eigenvalue weighted by Gasteiger charge is -2.17. The molecule has 4 aromatic carbocycles. The normalized spacial score (nSPS) is 20.2. The van der Waals surface area contributed by atoms with Crippen molar-refractivity contribution in [2.75, 3.05) is 0 Å². The predicted molar refractivity (Wildman–Crippen MR) is 138 cm³/mol. The summed E-state index contributed by atoms with van der Waals surface area (Å²) in [6, 6.07) is 42.6. The number of rotatable bonds is 4. The van der Waals surface area contributed by atoms with E-state index in [0.29, 0.717) is 0 Å². The highest BCUT2D eigenvalue weighted by atomic mass is 14.2. The molecule has 0 amide bonds. The number of allylic oxidation sites excluding steroid dienone is 8. The van der Waals surface area contributed by atoms with Gasteiger partial charge in [0.2, 0.25) is 0 Å². The van der Waals surface area contributed by atoms with E-state index >= 15 is 0 Å². The van der Waals surface area contributed by atoms with Crippen molar-refractivity contribution in [3.05, 3.63) is 168 Å². The quantitative estimate of drug-likeness (QED) is 0.318. The zero-order valence-corrected chi connectivity index (χ0v) is 17.9. The van der Waals surface area contributed by atoms with E-state index in [9.17, 15) is 0 Å². The molecule has 0 heteroatoms. The molecule has 0 atom stereocenters. The van der Waals surface area contributed by atoms with E-state index in [2.05, 4.69) is 146 Å². The monoisotopic (exact) mass is 408 g/mol. The molecule has 0 aliphatic heterocycles. The molecular formula is C32H24. The smallest absolute Gasteiger partial charge is 0.00990 e. The van der Waals surface area contributed by atoms with E-state index in [1.54, 1.807) is 0 Å². The van der Waals surface area contributed by atoms with Crippen LogP contribution in [-0.2, 0) is 0 Å². The first-order valence-electron chi connectivity index (χ1n) is 11.0. The van der Waals surface area contributed by atoms with Crippen molar-refractivity contribution in [2.45, 2.75) is 0 Å². The van der Waals surface area contributed by atoms with Crippen molar-refractivity contribution in [3.8, 4) is 0 Å². The molecule has 5 rings (SSSR count). The highest BCUT2D eigenvalue weighted by Crippen LogP contribution is 2.36. The minimum atomic E-state index is 1.19. The average molecular weight is 409 g/mol. The molecule has 0 aromatic heterocycles. The van der Waals surface area contributed by atoms with Crippen LogP contribution in [0.5, 0.6) is 0 Å². The molecule has 0 saturated heterocycles. The van der Waals surface area contributed by atoms with Crippen molar-refractivity contribution in [1.29, 1.82) is 0 Å². The third-order valence-corrected chi connectivity index (χ3v) is 5.72. The van der Waals surface area contributed by atoms with E-state index in [4.69, 9.17) is 0 Å². The fraction of sp³-hybridized carbons (Fsp3) is 0. The Hall–Kier alpha value is -4.16. The molecule has 0 heterocycles. The molecular weight excluding hydrogens is 384 g/mol. The lowest BCUT2D eigenvalue weighted by Crippen LogP contribution is -1.94. The van der Waals surface area contributed by atoms with Gasteiger partial charge in [0.1, 0.15) is 0 Å². The predicted octanol–water partition coefficient (Wildman–Crippen LogP) is 8.33. The van der Waals surface area contributed by atoms with Gasteiger partial charge in [-0.2, -0.15) is 0 Å². The van der Waals surface area contributed by atoms with Gasteiger partial charge in [0.25, 0.3) is 0 Å². The summed E-state index contributed by atoms with van der Waals surface area (Å²) >= 11 is 0. The summed E-state index contributed by atoms with van der Waals surface area (Å²) in [6.07, 6.45) is 9.11. The highest BCUT2D eigenvalue weighted by Gasteiger charge is 2.13. The molecule has 0 nitrogen and oxygen atoms in total. The molecule has 0 saturated carbocycles. The lowest BCUT2D eigenvalue weighted by molar-refractivity contribution is 1.56. The van der Waals surface area contributed by atoms with Crippen molar-refractivity contribution in [1.82, 2.24) is 0 Å². The van der Waals surface area contributed by atoms with Gasteiger partial charge in [0, 0.05) is 0 Å². The van der Waals surface area contributed by atoms with Gasteiger partial charge in [-0.3, -0.25) is 0 Å². The molecule has 0 N–H and O–H groups in total. The fourth-order valence-corrected chi connectivity index (χ4v) is 4.08. The van der Waals surface area contributed by atoms with E-state index in [0.717, 1.165) is 0 Å². The maximum absolute atomic E-state index is 2.32. The first kappa shape index (κ1) is 19.8. The van der Waals surface area contributed by atoms with E-state index < -0.39 is 0 Å². The van der Waals surface area contributed by atoms with Crippen LogP contribution in [0.15, 0.2) is 146 Å². The lowest BCUT2D eigenvalue weighted by atomic mass is 9.87. The van der Waals surface area contributed by atoms with Crippen LogP contribution in [0.2, 0.25) is 0 Å². The van der Waals surface area contributed by atoms with E-state index in [-0.39, 0.29) is 0 Å². The summed E-state index contributed by atoms with van der Waals surface area (Å²) in [5, 5.41) is 0. The molecule has 1 aliphatic rings. The standard InChI is InChI=1S/C32H24/c1-5-13-25(14-6-1)29-21-22-30(26-15-7-2-8-16-26)24-32(28-19-11-4-12-20-28)31(23-29)27-17-9-3-10-18-27/h1-24H/b22-21-,29-21?,29-23+,30-22?,30-24+,31-23?,32-24?,32-31-. The van der Waals surface area contributed by atoms with Crippen molar-refractivity contribution in [2.24, 2.45) is 0 Å². The summed E-state index contributed by atoms with van der Waals surface area (Å²) in [5.74, 6) is 0. The summed E-state index contributed by atoms with van der Waals surface area (Å²) < 4.78 is 0. The Morgan fingerprint density at radius 1 is 0.281 bits per heavy atom. The SMILES string of the molecule is C1=C\C(c2ccccc2)=C/C(c2ccccc2)=C(c2ccccc2)\C=C/1c1ccccc1. The first-order chi connectivity index (χ1) is 15.9. The molecule has 1 aliphatic carbocycles. The molecule has 0 radical (unpaired) electrons. The second-order valence-corrected chi connectivity index (χ2v) is 7.82. The van der Waals surface area contributed by atoms with Gasteiger partial charge in [0.15, 0.2) is 0 Å². The zero-order valence-electron chi connectivity index (χ0n) is 17.9. The average Bonchev–Trinajstić information content (AvgIpc) is 2.86. The fourth-order valence-electron chi connectivity index (χ4n) is 4.08. The third-order valence-electron chi connectivity index (χ3n) is 5.72. The van der Waals surface area contributed by atoms with Gasteiger partial charge >= 0.3 is 0 Å². The number of hydrogen-bond acceptors (Lipinski definition) is 0. The van der Waals surface area contributed by atoms with Crippen LogP contribution in [0.3, 0.4) is 0 Å². The largest absolute Gasteiger partial charge is 0.0622 e. The van der Waals surface area contributed by atoms with Crippen LogP contribution in [-0.4, -0.2) is 0 Å². The van der Waals surface area contributed by atoms with Crippen LogP contribution in [0, 0.1) is 0 Å². The molecule has 4 aromatic rings. The second-order valence-electron chi connectivity index (χ2n) is 7.82. The van der Waals surface area contributed by atoms with Gasteiger partial charge in [-0.1, -0.05) is 133 Å². The Labute approximate surface area is 190 Å². The maximum atomic E-state index is 2.32. The Kier molecular flexibility index (Phi) is 5.76. The molecule has 32 heavy (non-hydrogen) atoms. The molecule has 0 spiro atoms. The van der Waals surface area contributed by atoms with Gasteiger partial charge in [0.05, 0.1) is 0 Å². The van der Waals surface area contributed by atoms with Crippen LogP contribution in [0.4, 0.5) is 0 Å². The molecule has 0 bridgehead atoms. The van der Waals surface area contributed by atoms with Crippen LogP contribution < -0.4 is 0 Å². The summed E-state index contributed by atoms with van der Waals surface area (Å²) in [7, 11) is 0. The van der Waals surface area contributed by atoms with Crippen LogP contribution >= 0.6 is 0 Å². The van der Waals surface area contributed by atoms with Crippen molar-refractivity contribution in [3.63, 3.8) is 0 Å². The Morgan fingerprint density at radius 2 is 0.562 bits per heavy atom. The maximum Gasteiger partial charge on any atom is -0.00990 e. The molecule has 152 valence electrons. The third kappa shape index (κ3) is 4.31. The summed E-state index contributed by atoms with van der Waals surface area (Å²) in [4.78, 5) is 0. The Bertz CT molecular complexity index is 1200. The first-order valence-corrected chi connectivity index (χ1v) is 11.0. The van der Waals surface area contributed by atoms with Crippen LogP contribution in [0.1, 0.15) is 22.3 Å². The van der Waals surface area contributed by atoms with Gasteiger partial charge in [-0.15, -0.1) is 0 Å². The van der Waals surface area contributed by atoms with Gasteiger partial charge in [-0.25, -0.2) is 0 Å². The Morgan fingerprint density at radius 3 is 0.875 bits per heavy atom. The van der Waals surface area contributed by atoms with Crippen molar-refractivity contribution >= 4 is 22.3 Å². The number of hydrogen-bond donors (Lipinski definition) is 0. The zero-order chi connectivity index (χ0) is 21.6. The highest BCUT2D eigenvalue weighted by molar-refractivity contribution is 6.07. The van der Waals surface area contributed by atoms with Gasteiger partial charge in [-0.05, 0) is 56.7 Å². The Balaban J connectivity index is 1.82. The molecule has 0 unspecified atom stereocenters. The summed E-state index contributed by atoms with van der Waals surface area (Å²) in [5.41, 5.74) is 9.65. The number of benzene rings is 4. The van der Waals surface area contributed by atoms with E-state index in [1.165, 1.54) is 44.5 Å². The summed E-state index contributed by atoms with van der Waals surface area (Å²) in [6.45, 7) is 0. The molecule has 0 fully saturated rings. The second kappa shape index (κ2) is 9.32. The minimum absolute atomic E-state index is 1.19. The topological polar surface area (TPSA) is 0 Å². The van der Waals surface area contributed by atoms with Crippen molar-refractivity contribution < 1.29 is 0 Å².